The van der Waals surface area contributed by atoms with Crippen molar-refractivity contribution in [3.8, 4) is 23.1 Å². The lowest BCUT2D eigenvalue weighted by Crippen LogP contribution is -2.30. The average molecular weight is 403 g/mol. The minimum Gasteiger partial charge on any atom is -0.493 e. The number of hydrogen-bond acceptors (Lipinski definition) is 8. The fourth-order valence-electron chi connectivity index (χ4n) is 2.71. The molecule has 9 nitrogen and oxygen atoms in total. The Kier molecular flexibility index (Phi) is 6.59. The van der Waals surface area contributed by atoms with E-state index in [9.17, 15) is 20.1 Å². The number of nitrogens with zero attached hydrogens (tertiary/aromatic N) is 3. The van der Waals surface area contributed by atoms with Crippen LogP contribution in [0.1, 0.15) is 18.1 Å². The average Bonchev–Trinajstić information content (AvgIpc) is 2.75. The van der Waals surface area contributed by atoms with E-state index in [1.54, 1.807) is 30.3 Å². The Morgan fingerprint density at radius 3 is 2.73 bits per heavy atom. The van der Waals surface area contributed by atoms with E-state index >= 15 is 0 Å². The second kappa shape index (κ2) is 9.51. The highest BCUT2D eigenvalue weighted by Crippen LogP contribution is 2.19. The highest BCUT2D eigenvalue weighted by Gasteiger charge is 2.14. The lowest BCUT2D eigenvalue weighted by molar-refractivity contribution is 0.340. The van der Waals surface area contributed by atoms with E-state index in [0.717, 1.165) is 0 Å². The topological polar surface area (TPSA) is 144 Å². The molecule has 0 fully saturated rings. The van der Waals surface area contributed by atoms with Gasteiger partial charge in [0.2, 0.25) is 5.95 Å². The Morgan fingerprint density at radius 2 is 2.07 bits per heavy atom. The molecule has 150 valence electrons. The molecule has 0 aliphatic carbocycles. The van der Waals surface area contributed by atoms with Crippen LogP contribution in [0.15, 0.2) is 58.4 Å². The molecule has 1 aromatic heterocycles. The van der Waals surface area contributed by atoms with Crippen molar-refractivity contribution < 1.29 is 14.8 Å². The third kappa shape index (κ3) is 4.72. The molecule has 0 spiro atoms. The van der Waals surface area contributed by atoms with Crippen molar-refractivity contribution in [1.82, 2.24) is 9.97 Å². The van der Waals surface area contributed by atoms with E-state index in [4.69, 9.17) is 4.74 Å². The van der Waals surface area contributed by atoms with Gasteiger partial charge in [0, 0.05) is 11.1 Å². The highest BCUT2D eigenvalue weighted by atomic mass is 16.5. The molecular formula is C20H18BN5O4. The predicted octanol–water partition coefficient (Wildman–Crippen LogP) is 0.833. The van der Waals surface area contributed by atoms with Gasteiger partial charge in [-0.05, 0) is 24.5 Å². The standard InChI is InChI=1S/C20H18BN5O4/c1-2-30-17-9-8-15(21(28)29)10-14(17)12-23-26-20-24-18(13-6-4-3-5-7-13)16(11-22)19(27)25-20/h3-10,12,28-29H,2H2,1H3,(H2,24,25,26,27). The molecule has 0 radical (unpaired) electrons. The monoisotopic (exact) mass is 403 g/mol. The Morgan fingerprint density at radius 1 is 1.30 bits per heavy atom. The highest BCUT2D eigenvalue weighted by molar-refractivity contribution is 6.58. The molecule has 0 saturated carbocycles. The van der Waals surface area contributed by atoms with E-state index in [-0.39, 0.29) is 22.7 Å². The molecular weight excluding hydrogens is 385 g/mol. The molecule has 3 aromatic rings. The van der Waals surface area contributed by atoms with E-state index < -0.39 is 12.7 Å². The van der Waals surface area contributed by atoms with Crippen LogP contribution in [0, 0.1) is 11.3 Å². The second-order valence-electron chi connectivity index (χ2n) is 6.09. The number of hydrazone groups is 1. The van der Waals surface area contributed by atoms with E-state index in [2.05, 4.69) is 20.5 Å². The van der Waals surface area contributed by atoms with Crippen molar-refractivity contribution in [2.75, 3.05) is 12.0 Å². The summed E-state index contributed by atoms with van der Waals surface area (Å²) in [5.74, 6) is 0.545. The van der Waals surface area contributed by atoms with Crippen molar-refractivity contribution >= 4 is 24.7 Å². The Bertz CT molecular complexity index is 1160. The number of rotatable bonds is 7. The molecule has 0 bridgehead atoms. The molecule has 0 aliphatic heterocycles. The molecule has 0 atom stereocenters. The lowest BCUT2D eigenvalue weighted by Gasteiger charge is -2.09. The van der Waals surface area contributed by atoms with Crippen LogP contribution in [0.5, 0.6) is 5.75 Å². The van der Waals surface area contributed by atoms with E-state index in [1.165, 1.54) is 18.3 Å². The lowest BCUT2D eigenvalue weighted by atomic mass is 9.79. The van der Waals surface area contributed by atoms with Gasteiger partial charge >= 0.3 is 7.12 Å². The molecule has 1 heterocycles. The summed E-state index contributed by atoms with van der Waals surface area (Å²) in [6.07, 6.45) is 1.40. The SMILES string of the molecule is CCOc1ccc(B(O)O)cc1C=NNc1nc(-c2ccccc2)c(C#N)c(=O)[nH]1. The first-order chi connectivity index (χ1) is 14.5. The van der Waals surface area contributed by atoms with Crippen molar-refractivity contribution in [2.24, 2.45) is 5.10 Å². The molecule has 2 aromatic carbocycles. The number of benzene rings is 2. The van der Waals surface area contributed by atoms with Crippen molar-refractivity contribution in [2.45, 2.75) is 6.92 Å². The Labute approximate surface area is 172 Å². The van der Waals surface area contributed by atoms with Gasteiger partial charge in [-0.2, -0.15) is 10.4 Å². The minimum absolute atomic E-state index is 0.0467. The van der Waals surface area contributed by atoms with Gasteiger partial charge in [0.25, 0.3) is 5.56 Å². The van der Waals surface area contributed by atoms with Crippen molar-refractivity contribution in [1.29, 1.82) is 5.26 Å². The van der Waals surface area contributed by atoms with Gasteiger partial charge in [0.15, 0.2) is 0 Å². The van der Waals surface area contributed by atoms with E-state index in [1.807, 2.05) is 19.1 Å². The van der Waals surface area contributed by atoms with Crippen LogP contribution in [0.2, 0.25) is 0 Å². The third-order valence-corrected chi connectivity index (χ3v) is 4.08. The fraction of sp³-hybridized carbons (Fsp3) is 0.100. The summed E-state index contributed by atoms with van der Waals surface area (Å²) in [4.78, 5) is 19.0. The maximum absolute atomic E-state index is 12.3. The smallest absolute Gasteiger partial charge is 0.488 e. The number of hydrogen-bond donors (Lipinski definition) is 4. The summed E-state index contributed by atoms with van der Waals surface area (Å²) in [6.45, 7) is 2.24. The summed E-state index contributed by atoms with van der Waals surface area (Å²) in [7, 11) is -1.63. The second-order valence-corrected chi connectivity index (χ2v) is 6.09. The fourth-order valence-corrected chi connectivity index (χ4v) is 2.71. The molecule has 10 heteroatoms. The summed E-state index contributed by atoms with van der Waals surface area (Å²) < 4.78 is 5.51. The summed E-state index contributed by atoms with van der Waals surface area (Å²) in [5, 5.41) is 32.1. The van der Waals surface area contributed by atoms with Crippen LogP contribution in [0.25, 0.3) is 11.3 Å². The van der Waals surface area contributed by atoms with Gasteiger partial charge in [0.1, 0.15) is 17.4 Å². The van der Waals surface area contributed by atoms with Crippen LogP contribution >= 0.6 is 0 Å². The maximum Gasteiger partial charge on any atom is 0.488 e. The first kappa shape index (κ1) is 20.8. The Balaban J connectivity index is 1.92. The minimum atomic E-state index is -1.63. The number of nitrogens with one attached hydrogen (secondary N) is 2. The first-order valence-corrected chi connectivity index (χ1v) is 9.05. The van der Waals surface area contributed by atoms with Crippen LogP contribution in [-0.2, 0) is 0 Å². The van der Waals surface area contributed by atoms with Crippen molar-refractivity contribution in [3.63, 3.8) is 0 Å². The number of nitriles is 1. The zero-order valence-corrected chi connectivity index (χ0v) is 16.0. The normalized spacial score (nSPS) is 10.6. The maximum atomic E-state index is 12.3. The summed E-state index contributed by atoms with van der Waals surface area (Å²) in [5.41, 5.74) is 3.56. The van der Waals surface area contributed by atoms with Gasteiger partial charge in [0.05, 0.1) is 18.5 Å². The van der Waals surface area contributed by atoms with Gasteiger partial charge in [-0.15, -0.1) is 0 Å². The molecule has 4 N–H and O–H groups in total. The number of H-pyrrole nitrogens is 1. The zero-order chi connectivity index (χ0) is 21.5. The quantitative estimate of drug-likeness (QED) is 0.260. The van der Waals surface area contributed by atoms with Gasteiger partial charge in [-0.1, -0.05) is 36.4 Å². The number of aromatic amines is 1. The Hall–Kier alpha value is -3.94. The van der Waals surface area contributed by atoms with E-state index in [0.29, 0.717) is 23.5 Å². The van der Waals surface area contributed by atoms with Gasteiger partial charge < -0.3 is 14.8 Å². The molecule has 0 unspecified atom stereocenters. The molecule has 0 amide bonds. The molecule has 30 heavy (non-hydrogen) atoms. The van der Waals surface area contributed by atoms with Gasteiger partial charge in [-0.3, -0.25) is 9.78 Å². The number of aromatic nitrogens is 2. The molecule has 0 aliphatic rings. The predicted molar refractivity (Wildman–Crippen MR) is 114 cm³/mol. The largest absolute Gasteiger partial charge is 0.493 e. The third-order valence-electron chi connectivity index (χ3n) is 4.08. The van der Waals surface area contributed by atoms with Crippen LogP contribution in [0.4, 0.5) is 5.95 Å². The summed E-state index contributed by atoms with van der Waals surface area (Å²) in [6, 6.07) is 15.4. The number of anilines is 1. The van der Waals surface area contributed by atoms with Crippen LogP contribution in [-0.4, -0.2) is 40.0 Å². The first-order valence-electron chi connectivity index (χ1n) is 9.05. The summed E-state index contributed by atoms with van der Waals surface area (Å²) >= 11 is 0. The zero-order valence-electron chi connectivity index (χ0n) is 16.0. The molecule has 0 saturated heterocycles. The van der Waals surface area contributed by atoms with Crippen molar-refractivity contribution in [3.05, 3.63) is 70.0 Å². The van der Waals surface area contributed by atoms with Crippen LogP contribution in [0.3, 0.4) is 0 Å². The van der Waals surface area contributed by atoms with Crippen LogP contribution < -0.4 is 21.2 Å². The number of ether oxygens (including phenoxy) is 1. The molecule has 3 rings (SSSR count). The van der Waals surface area contributed by atoms with Gasteiger partial charge in [-0.25, -0.2) is 10.4 Å².